The fraction of sp³-hybridized carbons (Fsp3) is 0.500. The normalized spacial score (nSPS) is 17.0. The lowest BCUT2D eigenvalue weighted by Gasteiger charge is -2.14. The maximum absolute atomic E-state index is 12.1. The summed E-state index contributed by atoms with van der Waals surface area (Å²) >= 11 is 1.26. The van der Waals surface area contributed by atoms with Crippen LogP contribution in [0, 0.1) is 0 Å². The van der Waals surface area contributed by atoms with Gasteiger partial charge in [-0.05, 0) is 31.9 Å². The minimum atomic E-state index is -0.268. The van der Waals surface area contributed by atoms with E-state index < -0.39 is 0 Å². The van der Waals surface area contributed by atoms with Gasteiger partial charge in [0.2, 0.25) is 5.91 Å². The maximum atomic E-state index is 12.1. The Kier molecular flexibility index (Phi) is 4.28. The number of carbonyl (C=O) groups is 1. The molecule has 112 valence electrons. The number of amides is 1. The lowest BCUT2D eigenvalue weighted by Crippen LogP contribution is -2.37. The van der Waals surface area contributed by atoms with E-state index in [9.17, 15) is 4.79 Å². The van der Waals surface area contributed by atoms with Crippen LogP contribution in [-0.2, 0) is 4.79 Å². The number of furan rings is 1. The van der Waals surface area contributed by atoms with E-state index in [2.05, 4.69) is 15.5 Å². The number of aromatic nitrogens is 2. The number of thioether (sulfide) groups is 1. The molecule has 2 aromatic rings. The Labute approximate surface area is 126 Å². The van der Waals surface area contributed by atoms with Crippen LogP contribution in [0.4, 0.5) is 0 Å². The van der Waals surface area contributed by atoms with Gasteiger partial charge in [0.15, 0.2) is 5.76 Å². The number of hydrogen-bond donors (Lipinski definition) is 1. The van der Waals surface area contributed by atoms with Crippen molar-refractivity contribution in [3.8, 4) is 11.7 Å². The van der Waals surface area contributed by atoms with E-state index in [1.165, 1.54) is 24.6 Å². The van der Waals surface area contributed by atoms with Crippen molar-refractivity contribution in [3.63, 3.8) is 0 Å². The van der Waals surface area contributed by atoms with Crippen molar-refractivity contribution in [1.29, 1.82) is 0 Å². The first-order valence-corrected chi connectivity index (χ1v) is 7.95. The van der Waals surface area contributed by atoms with Crippen LogP contribution in [0.15, 0.2) is 32.5 Å². The summed E-state index contributed by atoms with van der Waals surface area (Å²) < 4.78 is 10.7. The Morgan fingerprint density at radius 3 is 2.95 bits per heavy atom. The molecule has 2 aromatic heterocycles. The molecule has 1 saturated carbocycles. The summed E-state index contributed by atoms with van der Waals surface area (Å²) in [7, 11) is 0. The van der Waals surface area contributed by atoms with Gasteiger partial charge in [-0.2, -0.15) is 0 Å². The third-order valence-electron chi connectivity index (χ3n) is 3.49. The molecule has 1 aliphatic rings. The number of nitrogens with zero attached hydrogens (tertiary/aromatic N) is 2. The Hall–Kier alpha value is -1.76. The quantitative estimate of drug-likeness (QED) is 0.855. The predicted molar refractivity (Wildman–Crippen MR) is 77.7 cm³/mol. The van der Waals surface area contributed by atoms with Gasteiger partial charge in [0.25, 0.3) is 11.1 Å². The van der Waals surface area contributed by atoms with E-state index in [0.717, 1.165) is 12.8 Å². The molecular weight excluding hydrogens is 290 g/mol. The molecule has 1 amide bonds. The molecule has 0 saturated heterocycles. The Bertz CT molecular complexity index is 590. The van der Waals surface area contributed by atoms with Crippen LogP contribution in [0.3, 0.4) is 0 Å². The SMILES string of the molecule is CC(Sc1nnc(-c2ccco2)o1)C(=O)NC1CCCC1. The maximum Gasteiger partial charge on any atom is 0.284 e. The monoisotopic (exact) mass is 307 g/mol. The molecule has 1 unspecified atom stereocenters. The zero-order valence-corrected chi connectivity index (χ0v) is 12.6. The van der Waals surface area contributed by atoms with Gasteiger partial charge >= 0.3 is 0 Å². The van der Waals surface area contributed by atoms with Gasteiger partial charge in [-0.3, -0.25) is 4.79 Å². The molecule has 1 aliphatic carbocycles. The largest absolute Gasteiger partial charge is 0.459 e. The molecule has 1 atom stereocenters. The van der Waals surface area contributed by atoms with Crippen molar-refractivity contribution in [2.24, 2.45) is 0 Å². The zero-order valence-electron chi connectivity index (χ0n) is 11.7. The topological polar surface area (TPSA) is 81.2 Å². The van der Waals surface area contributed by atoms with Gasteiger partial charge in [-0.15, -0.1) is 10.2 Å². The molecule has 6 nitrogen and oxygen atoms in total. The van der Waals surface area contributed by atoms with Gasteiger partial charge in [-0.25, -0.2) is 0 Å². The lowest BCUT2D eigenvalue weighted by atomic mass is 10.2. The Balaban J connectivity index is 1.56. The first-order valence-electron chi connectivity index (χ1n) is 7.07. The van der Waals surface area contributed by atoms with Gasteiger partial charge in [0.1, 0.15) is 0 Å². The second-order valence-corrected chi connectivity index (χ2v) is 6.39. The summed E-state index contributed by atoms with van der Waals surface area (Å²) in [4.78, 5) is 12.1. The van der Waals surface area contributed by atoms with Crippen LogP contribution < -0.4 is 5.32 Å². The third-order valence-corrected chi connectivity index (χ3v) is 4.42. The molecule has 1 N–H and O–H groups in total. The molecule has 0 aliphatic heterocycles. The Morgan fingerprint density at radius 2 is 2.24 bits per heavy atom. The molecule has 1 fully saturated rings. The first-order chi connectivity index (χ1) is 10.2. The van der Waals surface area contributed by atoms with Crippen molar-refractivity contribution in [2.45, 2.75) is 49.1 Å². The fourth-order valence-electron chi connectivity index (χ4n) is 2.35. The van der Waals surface area contributed by atoms with Crippen LogP contribution in [0.5, 0.6) is 0 Å². The van der Waals surface area contributed by atoms with Gasteiger partial charge in [0, 0.05) is 6.04 Å². The molecule has 2 heterocycles. The molecule has 0 aromatic carbocycles. The van der Waals surface area contributed by atoms with Crippen LogP contribution in [-0.4, -0.2) is 27.4 Å². The van der Waals surface area contributed by atoms with E-state index in [4.69, 9.17) is 8.83 Å². The summed E-state index contributed by atoms with van der Waals surface area (Å²) in [5, 5.41) is 11.0. The highest BCUT2D eigenvalue weighted by Crippen LogP contribution is 2.27. The predicted octanol–water partition coefficient (Wildman–Crippen LogP) is 2.87. The van der Waals surface area contributed by atoms with Gasteiger partial charge in [-0.1, -0.05) is 24.6 Å². The molecule has 0 spiro atoms. The first kappa shape index (κ1) is 14.2. The highest BCUT2D eigenvalue weighted by Gasteiger charge is 2.23. The number of hydrogen-bond acceptors (Lipinski definition) is 6. The Morgan fingerprint density at radius 1 is 1.43 bits per heavy atom. The highest BCUT2D eigenvalue weighted by molar-refractivity contribution is 8.00. The van der Waals surface area contributed by atoms with Crippen LogP contribution in [0.2, 0.25) is 0 Å². The number of nitrogens with one attached hydrogen (secondary N) is 1. The average molecular weight is 307 g/mol. The summed E-state index contributed by atoms with van der Waals surface area (Å²) in [5.41, 5.74) is 0. The smallest absolute Gasteiger partial charge is 0.284 e. The number of rotatable bonds is 5. The third kappa shape index (κ3) is 3.47. The van der Waals surface area contributed by atoms with E-state index >= 15 is 0 Å². The number of carbonyl (C=O) groups excluding carboxylic acids is 1. The molecule has 3 rings (SSSR count). The van der Waals surface area contributed by atoms with Crippen molar-refractivity contribution in [3.05, 3.63) is 18.4 Å². The van der Waals surface area contributed by atoms with E-state index in [0.29, 0.717) is 22.9 Å². The lowest BCUT2D eigenvalue weighted by molar-refractivity contribution is -0.120. The standard InChI is InChI=1S/C14H17N3O3S/c1-9(12(18)15-10-5-2-3-6-10)21-14-17-16-13(20-14)11-7-4-8-19-11/h4,7-10H,2-3,5-6H2,1H3,(H,15,18). The van der Waals surface area contributed by atoms with Crippen LogP contribution >= 0.6 is 11.8 Å². The van der Waals surface area contributed by atoms with E-state index in [1.54, 1.807) is 18.4 Å². The van der Waals surface area contributed by atoms with Crippen molar-refractivity contribution < 1.29 is 13.6 Å². The average Bonchev–Trinajstić information content (AvgIpc) is 3.20. The van der Waals surface area contributed by atoms with Crippen LogP contribution in [0.1, 0.15) is 32.6 Å². The zero-order chi connectivity index (χ0) is 14.7. The van der Waals surface area contributed by atoms with Gasteiger partial charge < -0.3 is 14.2 Å². The summed E-state index contributed by atoms with van der Waals surface area (Å²) in [6, 6.07) is 3.82. The molecule has 21 heavy (non-hydrogen) atoms. The van der Waals surface area contributed by atoms with Crippen molar-refractivity contribution in [2.75, 3.05) is 0 Å². The van der Waals surface area contributed by atoms with Gasteiger partial charge in [0.05, 0.1) is 11.5 Å². The van der Waals surface area contributed by atoms with E-state index in [1.807, 2.05) is 6.92 Å². The minimum Gasteiger partial charge on any atom is -0.459 e. The second kappa shape index (κ2) is 6.34. The summed E-state index contributed by atoms with van der Waals surface area (Å²) in [6.07, 6.45) is 6.09. The highest BCUT2D eigenvalue weighted by atomic mass is 32.2. The molecule has 0 bridgehead atoms. The second-order valence-electron chi connectivity index (χ2n) is 5.10. The summed E-state index contributed by atoms with van der Waals surface area (Å²) in [6.45, 7) is 1.84. The van der Waals surface area contributed by atoms with Crippen LogP contribution in [0.25, 0.3) is 11.7 Å². The van der Waals surface area contributed by atoms with Crippen molar-refractivity contribution >= 4 is 17.7 Å². The summed E-state index contributed by atoms with van der Waals surface area (Å²) in [5.74, 6) is 0.868. The van der Waals surface area contributed by atoms with E-state index in [-0.39, 0.29) is 11.2 Å². The molecule has 0 radical (unpaired) electrons. The minimum absolute atomic E-state index is 0.0182. The fourth-order valence-corrected chi connectivity index (χ4v) is 3.04. The molecular formula is C14H17N3O3S. The molecule has 7 heteroatoms. The van der Waals surface area contributed by atoms with Crippen molar-refractivity contribution in [1.82, 2.24) is 15.5 Å².